The zero-order valence-corrected chi connectivity index (χ0v) is 32.5. The first kappa shape index (κ1) is 38.3. The Balaban J connectivity index is 1.20. The van der Waals surface area contributed by atoms with Crippen LogP contribution in [0, 0.1) is 0 Å². The van der Waals surface area contributed by atoms with Gasteiger partial charge in [0.25, 0.3) is 0 Å². The van der Waals surface area contributed by atoms with Crippen LogP contribution in [0.15, 0.2) is 84.9 Å². The Labute approximate surface area is 323 Å². The summed E-state index contributed by atoms with van der Waals surface area (Å²) in [7, 11) is 0. The molecule has 3 aliphatic rings. The van der Waals surface area contributed by atoms with E-state index in [2.05, 4.69) is 72.2 Å². The van der Waals surface area contributed by atoms with E-state index in [1.807, 2.05) is 30.3 Å². The average Bonchev–Trinajstić information content (AvgIpc) is 3.21. The predicted octanol–water partition coefficient (Wildman–Crippen LogP) is 11.7. The monoisotopic (exact) mass is 730 g/mol. The lowest BCUT2D eigenvalue weighted by Crippen LogP contribution is -2.51. The number of aliphatic hydroxyl groups excluding tert-OH is 2. The van der Waals surface area contributed by atoms with Gasteiger partial charge in [0.05, 0.1) is 12.2 Å². The number of unbranched alkanes of at least 4 members (excludes halogenated alkanes) is 2. The van der Waals surface area contributed by atoms with Crippen LogP contribution in [-0.2, 0) is 0 Å². The van der Waals surface area contributed by atoms with Gasteiger partial charge in [-0.2, -0.15) is 0 Å². The molecule has 0 aromatic heterocycles. The lowest BCUT2D eigenvalue weighted by molar-refractivity contribution is -0.0797. The molecule has 6 heteroatoms. The van der Waals surface area contributed by atoms with Crippen molar-refractivity contribution in [2.75, 3.05) is 22.9 Å². The van der Waals surface area contributed by atoms with E-state index in [-0.39, 0.29) is 11.5 Å². The Morgan fingerprint density at radius 2 is 0.944 bits per heavy atom. The number of rotatable bonds is 14. The topological polar surface area (TPSA) is 87.4 Å². The Hall–Kier alpha value is -4.00. The van der Waals surface area contributed by atoms with Crippen molar-refractivity contribution in [1.82, 2.24) is 0 Å². The molecule has 0 spiro atoms. The number of aromatic hydroxyl groups is 2. The van der Waals surface area contributed by atoms with Crippen LogP contribution in [0.5, 0.6) is 11.5 Å². The highest BCUT2D eigenvalue weighted by Crippen LogP contribution is 2.54. The Kier molecular flexibility index (Phi) is 12.5. The second-order valence-corrected chi connectivity index (χ2v) is 16.3. The maximum absolute atomic E-state index is 11.8. The summed E-state index contributed by atoms with van der Waals surface area (Å²) in [6.45, 7) is 6.22. The molecule has 0 amide bonds. The summed E-state index contributed by atoms with van der Waals surface area (Å²) in [5.41, 5.74) is 7.93. The number of phenols is 2. The van der Waals surface area contributed by atoms with Crippen molar-refractivity contribution in [3.63, 3.8) is 0 Å². The van der Waals surface area contributed by atoms with Crippen molar-refractivity contribution in [2.45, 2.75) is 140 Å². The molecule has 288 valence electrons. The fourth-order valence-electron chi connectivity index (χ4n) is 9.78. The Bertz CT molecular complexity index is 1750. The molecule has 7 rings (SSSR count). The summed E-state index contributed by atoms with van der Waals surface area (Å²) in [5.74, 6) is -0.187. The minimum Gasteiger partial charge on any atom is -0.508 e. The third-order valence-electron chi connectivity index (χ3n) is 12.8. The smallest absolute Gasteiger partial charge is 0.121 e. The highest BCUT2D eigenvalue weighted by molar-refractivity contribution is 5.82. The lowest BCUT2D eigenvalue weighted by atomic mass is 9.63. The summed E-state index contributed by atoms with van der Waals surface area (Å²) in [6.07, 6.45) is 14.8. The van der Waals surface area contributed by atoms with E-state index in [4.69, 9.17) is 0 Å². The summed E-state index contributed by atoms with van der Waals surface area (Å²) >= 11 is 0. The summed E-state index contributed by atoms with van der Waals surface area (Å²) in [4.78, 5) is 4.68. The highest BCUT2D eigenvalue weighted by Gasteiger charge is 2.52. The van der Waals surface area contributed by atoms with Gasteiger partial charge in [0, 0.05) is 70.9 Å². The molecule has 0 bridgehead atoms. The Morgan fingerprint density at radius 1 is 0.519 bits per heavy atom. The van der Waals surface area contributed by atoms with E-state index in [0.717, 1.165) is 61.5 Å². The van der Waals surface area contributed by atoms with Crippen LogP contribution < -0.4 is 9.80 Å². The van der Waals surface area contributed by atoms with Gasteiger partial charge >= 0.3 is 0 Å². The molecule has 0 radical (unpaired) electrons. The molecule has 0 heterocycles. The van der Waals surface area contributed by atoms with Crippen LogP contribution >= 0.6 is 0 Å². The zero-order valence-electron chi connectivity index (χ0n) is 32.5. The van der Waals surface area contributed by atoms with Crippen LogP contribution in [0.1, 0.15) is 150 Å². The molecule has 3 fully saturated rings. The van der Waals surface area contributed by atoms with E-state index >= 15 is 0 Å². The van der Waals surface area contributed by atoms with Crippen LogP contribution in [0.25, 0.3) is 0 Å². The van der Waals surface area contributed by atoms with Gasteiger partial charge in [0.15, 0.2) is 0 Å². The van der Waals surface area contributed by atoms with Gasteiger partial charge in [0.1, 0.15) is 11.5 Å². The first-order valence-corrected chi connectivity index (χ1v) is 21.2. The van der Waals surface area contributed by atoms with E-state index in [1.54, 1.807) is 6.07 Å². The first-order valence-electron chi connectivity index (χ1n) is 21.2. The SMILES string of the molecule is CCCCN(CCCC)c1ccc(C2C(O)C(c3ccc(N(c4ccccc4C4CCCCC4)c4ccccc4C4CCCCC4)cc3O)C2O)c(O)c1. The largest absolute Gasteiger partial charge is 0.508 e. The van der Waals surface area contributed by atoms with Gasteiger partial charge in [-0.25, -0.2) is 0 Å². The molecule has 6 nitrogen and oxygen atoms in total. The highest BCUT2D eigenvalue weighted by atomic mass is 16.3. The van der Waals surface area contributed by atoms with E-state index in [9.17, 15) is 20.4 Å². The first-order chi connectivity index (χ1) is 26.4. The Morgan fingerprint density at radius 3 is 1.39 bits per heavy atom. The van der Waals surface area contributed by atoms with E-state index in [1.165, 1.54) is 75.3 Å². The van der Waals surface area contributed by atoms with Gasteiger partial charge in [-0.1, -0.05) is 114 Å². The summed E-state index contributed by atoms with van der Waals surface area (Å²) in [5, 5.41) is 46.2. The van der Waals surface area contributed by atoms with Crippen LogP contribution in [0.2, 0.25) is 0 Å². The molecule has 4 aromatic carbocycles. The molecule has 2 unspecified atom stereocenters. The second kappa shape index (κ2) is 17.6. The van der Waals surface area contributed by atoms with E-state index < -0.39 is 24.0 Å². The standard InChI is InChI=1S/C48H62N2O4/c1-3-5-29-49(30-6-4-2)35-25-27-39(43(51)31-35)45-47(53)46(48(45)54)40-28-26-36(32-44(40)52)50(41-23-15-13-21-37(41)33-17-9-7-10-18-33)42-24-16-14-22-38(42)34-19-11-8-12-20-34/h13-16,21-28,31-34,45-48,51-54H,3-12,17-20,29-30H2,1-2H3. The quantitative estimate of drug-likeness (QED) is 0.103. The van der Waals surface area contributed by atoms with Crippen molar-refractivity contribution in [1.29, 1.82) is 0 Å². The van der Waals surface area contributed by atoms with Gasteiger partial charge in [-0.15, -0.1) is 0 Å². The number of phenolic OH excluding ortho intramolecular Hbond substituents is 2. The predicted molar refractivity (Wildman–Crippen MR) is 222 cm³/mol. The van der Waals surface area contributed by atoms with Gasteiger partial charge < -0.3 is 30.2 Å². The van der Waals surface area contributed by atoms with Crippen LogP contribution in [0.4, 0.5) is 22.7 Å². The minimum atomic E-state index is -0.958. The van der Waals surface area contributed by atoms with Crippen molar-refractivity contribution < 1.29 is 20.4 Å². The number of para-hydroxylation sites is 2. The molecular weight excluding hydrogens is 669 g/mol. The molecule has 54 heavy (non-hydrogen) atoms. The number of anilines is 4. The van der Waals surface area contributed by atoms with Crippen LogP contribution in [0.3, 0.4) is 0 Å². The fraction of sp³-hybridized carbons (Fsp3) is 0.500. The summed E-state index contributed by atoms with van der Waals surface area (Å²) < 4.78 is 0. The van der Waals surface area contributed by atoms with Crippen molar-refractivity contribution in [3.8, 4) is 11.5 Å². The fourth-order valence-corrected chi connectivity index (χ4v) is 9.78. The number of nitrogens with zero attached hydrogens (tertiary/aromatic N) is 2. The molecule has 0 saturated heterocycles. The molecule has 4 N–H and O–H groups in total. The maximum Gasteiger partial charge on any atom is 0.121 e. The lowest BCUT2D eigenvalue weighted by Gasteiger charge is -2.47. The molecular formula is C48H62N2O4. The molecule has 4 aromatic rings. The molecule has 3 saturated carbocycles. The molecule has 2 atom stereocenters. The van der Waals surface area contributed by atoms with Crippen molar-refractivity contribution >= 4 is 22.7 Å². The number of benzene rings is 4. The average molecular weight is 731 g/mol. The number of aliphatic hydroxyl groups is 2. The minimum absolute atomic E-state index is 0.0615. The summed E-state index contributed by atoms with van der Waals surface area (Å²) in [6, 6.07) is 29.1. The molecule has 0 aliphatic heterocycles. The maximum atomic E-state index is 11.8. The van der Waals surface area contributed by atoms with Crippen molar-refractivity contribution in [2.24, 2.45) is 0 Å². The zero-order chi connectivity index (χ0) is 37.6. The van der Waals surface area contributed by atoms with E-state index in [0.29, 0.717) is 23.0 Å². The van der Waals surface area contributed by atoms with Crippen LogP contribution in [-0.4, -0.2) is 45.7 Å². The second-order valence-electron chi connectivity index (χ2n) is 16.3. The van der Waals surface area contributed by atoms with Gasteiger partial charge in [-0.3, -0.25) is 0 Å². The molecule has 3 aliphatic carbocycles. The third-order valence-corrected chi connectivity index (χ3v) is 12.8. The van der Waals surface area contributed by atoms with Gasteiger partial charge in [0.2, 0.25) is 0 Å². The number of hydrogen-bond acceptors (Lipinski definition) is 6. The number of hydrogen-bond donors (Lipinski definition) is 4. The third kappa shape index (κ3) is 7.88. The normalized spacial score (nSPS) is 22.1. The van der Waals surface area contributed by atoms with Crippen molar-refractivity contribution in [3.05, 3.63) is 107 Å². The van der Waals surface area contributed by atoms with Gasteiger partial charge in [-0.05, 0) is 85.8 Å².